The summed E-state index contributed by atoms with van der Waals surface area (Å²) < 4.78 is 25.7. The number of anilines is 1. The van der Waals surface area contributed by atoms with Crippen molar-refractivity contribution in [1.29, 1.82) is 0 Å². The standard InChI is InChI=1S/C23H24ClFN2O4S/c1-6-32-19-11-17(28)15-10-13(25)9-14(21(15)30-19)12(2)26-16-7-8-18(24)27-20(16)22(29)31-23(3,4)5/h7-12,26H,6H2,1-5H3. The van der Waals surface area contributed by atoms with Crippen LogP contribution in [0.5, 0.6) is 0 Å². The van der Waals surface area contributed by atoms with Gasteiger partial charge in [0.2, 0.25) is 0 Å². The Balaban J connectivity index is 2.05. The summed E-state index contributed by atoms with van der Waals surface area (Å²) >= 11 is 7.38. The maximum Gasteiger partial charge on any atom is 0.359 e. The van der Waals surface area contributed by atoms with Gasteiger partial charge in [0.15, 0.2) is 16.2 Å². The first-order chi connectivity index (χ1) is 15.0. The van der Waals surface area contributed by atoms with E-state index in [0.29, 0.717) is 22.1 Å². The van der Waals surface area contributed by atoms with E-state index in [0.717, 1.165) is 6.07 Å². The molecule has 0 amide bonds. The van der Waals surface area contributed by atoms with Crippen LogP contribution in [-0.4, -0.2) is 22.3 Å². The Hall–Kier alpha value is -2.58. The van der Waals surface area contributed by atoms with Crippen molar-refractivity contribution in [3.05, 3.63) is 62.8 Å². The average molecular weight is 479 g/mol. The van der Waals surface area contributed by atoms with E-state index >= 15 is 0 Å². The number of carbonyl (C=O) groups excluding carboxylic acids is 1. The lowest BCUT2D eigenvalue weighted by molar-refractivity contribution is 0.00640. The molecule has 0 saturated heterocycles. The molecule has 0 saturated carbocycles. The fourth-order valence-corrected chi connectivity index (χ4v) is 3.87. The molecule has 1 unspecified atom stereocenters. The number of esters is 1. The van der Waals surface area contributed by atoms with Gasteiger partial charge in [-0.25, -0.2) is 14.2 Å². The number of halogens is 2. The first kappa shape index (κ1) is 24.1. The van der Waals surface area contributed by atoms with Crippen LogP contribution in [0.25, 0.3) is 11.0 Å². The minimum Gasteiger partial charge on any atom is -0.455 e. The second-order valence-corrected chi connectivity index (χ2v) is 9.79. The quantitative estimate of drug-likeness (QED) is 0.256. The Morgan fingerprint density at radius 2 is 2.03 bits per heavy atom. The van der Waals surface area contributed by atoms with Crippen LogP contribution < -0.4 is 10.7 Å². The van der Waals surface area contributed by atoms with Gasteiger partial charge in [0, 0.05) is 11.6 Å². The summed E-state index contributed by atoms with van der Waals surface area (Å²) in [4.78, 5) is 29.3. The molecule has 2 aromatic heterocycles. The van der Waals surface area contributed by atoms with Crippen LogP contribution in [0, 0.1) is 5.82 Å². The van der Waals surface area contributed by atoms with Gasteiger partial charge in [-0.15, -0.1) is 0 Å². The van der Waals surface area contributed by atoms with E-state index in [2.05, 4.69) is 10.3 Å². The molecule has 170 valence electrons. The summed E-state index contributed by atoms with van der Waals surface area (Å²) in [6.45, 7) is 8.95. The van der Waals surface area contributed by atoms with E-state index in [1.54, 1.807) is 33.8 Å². The zero-order chi connectivity index (χ0) is 23.6. The number of nitrogens with one attached hydrogen (secondary N) is 1. The first-order valence-corrected chi connectivity index (χ1v) is 11.4. The summed E-state index contributed by atoms with van der Waals surface area (Å²) in [7, 11) is 0. The molecule has 0 spiro atoms. The monoisotopic (exact) mass is 478 g/mol. The van der Waals surface area contributed by atoms with Crippen LogP contribution in [0.1, 0.15) is 56.7 Å². The Morgan fingerprint density at radius 1 is 1.31 bits per heavy atom. The maximum absolute atomic E-state index is 14.4. The number of hydrogen-bond donors (Lipinski definition) is 1. The highest BCUT2D eigenvalue weighted by Crippen LogP contribution is 2.31. The number of ether oxygens (including phenoxy) is 1. The Kier molecular flexibility index (Phi) is 7.15. The van der Waals surface area contributed by atoms with Gasteiger partial charge in [-0.1, -0.05) is 30.3 Å². The lowest BCUT2D eigenvalue weighted by atomic mass is 10.0. The smallest absolute Gasteiger partial charge is 0.359 e. The normalized spacial score (nSPS) is 12.6. The third-order valence-corrected chi connectivity index (χ3v) is 5.36. The largest absolute Gasteiger partial charge is 0.455 e. The van der Waals surface area contributed by atoms with Gasteiger partial charge in [-0.05, 0) is 57.7 Å². The van der Waals surface area contributed by atoms with Gasteiger partial charge in [-0.3, -0.25) is 4.79 Å². The summed E-state index contributed by atoms with van der Waals surface area (Å²) in [5.74, 6) is -0.494. The molecule has 3 rings (SSSR count). The molecule has 0 aliphatic rings. The molecule has 1 aromatic carbocycles. The highest BCUT2D eigenvalue weighted by molar-refractivity contribution is 7.99. The SMILES string of the molecule is CCSc1cc(=O)c2cc(F)cc(C(C)Nc3ccc(Cl)nc3C(=O)OC(C)(C)C)c2o1. The molecule has 0 aliphatic heterocycles. The lowest BCUT2D eigenvalue weighted by Crippen LogP contribution is -2.25. The second-order valence-electron chi connectivity index (χ2n) is 8.13. The second kappa shape index (κ2) is 9.50. The van der Waals surface area contributed by atoms with E-state index in [9.17, 15) is 14.0 Å². The molecule has 0 radical (unpaired) electrons. The predicted octanol–water partition coefficient (Wildman–Crippen LogP) is 6.22. The predicted molar refractivity (Wildman–Crippen MR) is 125 cm³/mol. The first-order valence-electron chi connectivity index (χ1n) is 10.0. The van der Waals surface area contributed by atoms with Crippen molar-refractivity contribution >= 4 is 46.0 Å². The molecule has 6 nitrogen and oxygen atoms in total. The zero-order valence-corrected chi connectivity index (χ0v) is 20.0. The minimum atomic E-state index is -0.723. The van der Waals surface area contributed by atoms with Crippen molar-refractivity contribution in [1.82, 2.24) is 4.98 Å². The van der Waals surface area contributed by atoms with Crippen molar-refractivity contribution < 1.29 is 18.3 Å². The highest BCUT2D eigenvalue weighted by atomic mass is 35.5. The van der Waals surface area contributed by atoms with Crippen molar-refractivity contribution in [2.45, 2.75) is 51.4 Å². The van der Waals surface area contributed by atoms with Crippen LogP contribution in [0.3, 0.4) is 0 Å². The number of aromatic nitrogens is 1. The summed E-state index contributed by atoms with van der Waals surface area (Å²) in [6, 6.07) is 6.42. The van der Waals surface area contributed by atoms with E-state index in [4.69, 9.17) is 20.8 Å². The molecule has 0 bridgehead atoms. The molecule has 2 heterocycles. The highest BCUT2D eigenvalue weighted by Gasteiger charge is 2.24. The van der Waals surface area contributed by atoms with Crippen LogP contribution in [0.2, 0.25) is 5.15 Å². The van der Waals surface area contributed by atoms with Crippen LogP contribution in [0.15, 0.2) is 44.6 Å². The Bertz CT molecular complexity index is 1220. The van der Waals surface area contributed by atoms with Crippen LogP contribution >= 0.6 is 23.4 Å². The molecule has 1 atom stereocenters. The minimum absolute atomic E-state index is 0.00339. The zero-order valence-electron chi connectivity index (χ0n) is 18.4. The van der Waals surface area contributed by atoms with Gasteiger partial charge in [-0.2, -0.15) is 0 Å². The fraction of sp³-hybridized carbons (Fsp3) is 0.348. The molecular weight excluding hydrogens is 455 g/mol. The van der Waals surface area contributed by atoms with Gasteiger partial charge in [0.05, 0.1) is 17.1 Å². The molecule has 9 heteroatoms. The third-order valence-electron chi connectivity index (χ3n) is 4.38. The van der Waals surface area contributed by atoms with Gasteiger partial charge in [0.25, 0.3) is 0 Å². The summed E-state index contributed by atoms with van der Waals surface area (Å²) in [5, 5.41) is 3.89. The number of thioether (sulfide) groups is 1. The number of nitrogens with zero attached hydrogens (tertiary/aromatic N) is 1. The number of benzene rings is 1. The molecule has 1 N–H and O–H groups in total. The number of carbonyl (C=O) groups is 1. The topological polar surface area (TPSA) is 81.4 Å². The summed E-state index contributed by atoms with van der Waals surface area (Å²) in [5.41, 5.74) is 0.0344. The molecule has 0 aliphatic carbocycles. The maximum atomic E-state index is 14.4. The average Bonchev–Trinajstić information content (AvgIpc) is 2.68. The van der Waals surface area contributed by atoms with Crippen molar-refractivity contribution in [2.75, 3.05) is 11.1 Å². The molecule has 0 fully saturated rings. The van der Waals surface area contributed by atoms with Crippen molar-refractivity contribution in [3.8, 4) is 0 Å². The van der Waals surface area contributed by atoms with Crippen LogP contribution in [0.4, 0.5) is 10.1 Å². The van der Waals surface area contributed by atoms with Gasteiger partial charge in [0.1, 0.15) is 22.2 Å². The molecular formula is C23H24ClFN2O4S. The Labute approximate surface area is 194 Å². The number of rotatable bonds is 6. The van der Waals surface area contributed by atoms with E-state index < -0.39 is 23.4 Å². The van der Waals surface area contributed by atoms with E-state index in [1.807, 2.05) is 6.92 Å². The summed E-state index contributed by atoms with van der Waals surface area (Å²) in [6.07, 6.45) is 0. The van der Waals surface area contributed by atoms with E-state index in [-0.39, 0.29) is 27.2 Å². The fourth-order valence-electron chi connectivity index (χ4n) is 3.11. The number of fused-ring (bicyclic) bond motifs is 1. The van der Waals surface area contributed by atoms with Crippen LogP contribution in [-0.2, 0) is 4.74 Å². The number of hydrogen-bond acceptors (Lipinski definition) is 7. The number of pyridine rings is 1. The van der Waals surface area contributed by atoms with Crippen molar-refractivity contribution in [3.63, 3.8) is 0 Å². The Morgan fingerprint density at radius 3 is 2.69 bits per heavy atom. The molecule has 32 heavy (non-hydrogen) atoms. The lowest BCUT2D eigenvalue weighted by Gasteiger charge is -2.22. The van der Waals surface area contributed by atoms with E-state index in [1.165, 1.54) is 30.0 Å². The van der Waals surface area contributed by atoms with Gasteiger partial charge < -0.3 is 14.5 Å². The van der Waals surface area contributed by atoms with Crippen molar-refractivity contribution in [2.24, 2.45) is 0 Å². The third kappa shape index (κ3) is 5.61. The molecule has 3 aromatic rings. The van der Waals surface area contributed by atoms with Gasteiger partial charge >= 0.3 is 5.97 Å².